The minimum Gasteiger partial charge on any atom is -0.490 e. The third-order valence-electron chi connectivity index (χ3n) is 3.37. The quantitative estimate of drug-likeness (QED) is 0.833. The fraction of sp³-hybridized carbons (Fsp3) is 0.625. The van der Waals surface area contributed by atoms with E-state index in [0.29, 0.717) is 6.61 Å². The van der Waals surface area contributed by atoms with Gasteiger partial charge < -0.3 is 19.5 Å². The average molecular weight is 279 g/mol. The Bertz CT molecular complexity index is 391. The van der Waals surface area contributed by atoms with Gasteiger partial charge in [-0.1, -0.05) is 25.5 Å². The zero-order valence-electron chi connectivity index (χ0n) is 12.4. The highest BCUT2D eigenvalue weighted by atomic mass is 16.6. The smallest absolute Gasteiger partial charge is 0.161 e. The van der Waals surface area contributed by atoms with Crippen molar-refractivity contribution in [2.24, 2.45) is 0 Å². The van der Waals surface area contributed by atoms with Gasteiger partial charge in [-0.3, -0.25) is 0 Å². The summed E-state index contributed by atoms with van der Waals surface area (Å²) in [5.41, 5.74) is 0. The molecule has 2 atom stereocenters. The summed E-state index contributed by atoms with van der Waals surface area (Å²) in [6.07, 6.45) is 2.22. The van der Waals surface area contributed by atoms with Gasteiger partial charge in [0.05, 0.1) is 13.2 Å². The van der Waals surface area contributed by atoms with Crippen LogP contribution >= 0.6 is 0 Å². The van der Waals surface area contributed by atoms with Crippen LogP contribution in [0.4, 0.5) is 0 Å². The molecule has 4 nitrogen and oxygen atoms in total. The molecule has 0 aromatic heterocycles. The molecule has 1 unspecified atom stereocenters. The van der Waals surface area contributed by atoms with E-state index in [0.717, 1.165) is 44.0 Å². The molecule has 0 spiro atoms. The molecule has 112 valence electrons. The summed E-state index contributed by atoms with van der Waals surface area (Å²) >= 11 is 0. The normalized spacial score (nSPS) is 20.4. The van der Waals surface area contributed by atoms with E-state index in [-0.39, 0.29) is 12.2 Å². The van der Waals surface area contributed by atoms with Crippen LogP contribution < -0.4 is 14.8 Å². The van der Waals surface area contributed by atoms with E-state index in [1.165, 1.54) is 0 Å². The van der Waals surface area contributed by atoms with Crippen molar-refractivity contribution in [2.45, 2.75) is 38.9 Å². The van der Waals surface area contributed by atoms with Crippen molar-refractivity contribution in [1.82, 2.24) is 5.32 Å². The Morgan fingerprint density at radius 3 is 2.75 bits per heavy atom. The molecule has 0 bridgehead atoms. The molecular weight excluding hydrogens is 254 g/mol. The molecule has 0 aliphatic carbocycles. The summed E-state index contributed by atoms with van der Waals surface area (Å²) in [6.45, 7) is 7.31. The molecule has 0 radical (unpaired) electrons. The lowest BCUT2D eigenvalue weighted by Crippen LogP contribution is -2.47. The van der Waals surface area contributed by atoms with E-state index in [9.17, 15) is 0 Å². The zero-order chi connectivity index (χ0) is 14.2. The van der Waals surface area contributed by atoms with Crippen molar-refractivity contribution < 1.29 is 14.2 Å². The van der Waals surface area contributed by atoms with E-state index >= 15 is 0 Å². The number of rotatable bonds is 7. The first-order chi connectivity index (χ1) is 9.85. The van der Waals surface area contributed by atoms with Crippen molar-refractivity contribution in [3.8, 4) is 11.5 Å². The van der Waals surface area contributed by atoms with Crippen molar-refractivity contribution in [3.63, 3.8) is 0 Å². The first kappa shape index (κ1) is 15.1. The standard InChI is InChI=1S/C16H25NO3/c1-3-7-14(16-12-17-10-11-19-16)20-15-9-6-5-8-13(15)18-4-2/h5-6,8-9,14,16-17H,3-4,7,10-12H2,1-2H3/t14-,16?/m0/s1. The highest BCUT2D eigenvalue weighted by Crippen LogP contribution is 2.29. The van der Waals surface area contributed by atoms with Crippen molar-refractivity contribution in [3.05, 3.63) is 24.3 Å². The van der Waals surface area contributed by atoms with Crippen LogP contribution in [0.5, 0.6) is 11.5 Å². The van der Waals surface area contributed by atoms with Crippen molar-refractivity contribution in [2.75, 3.05) is 26.3 Å². The highest BCUT2D eigenvalue weighted by Gasteiger charge is 2.26. The van der Waals surface area contributed by atoms with E-state index in [4.69, 9.17) is 14.2 Å². The molecule has 1 aromatic rings. The topological polar surface area (TPSA) is 39.7 Å². The van der Waals surface area contributed by atoms with Gasteiger partial charge in [0.25, 0.3) is 0 Å². The third kappa shape index (κ3) is 4.12. The Morgan fingerprint density at radius 2 is 2.10 bits per heavy atom. The molecule has 0 saturated carbocycles. The van der Waals surface area contributed by atoms with Crippen molar-refractivity contribution >= 4 is 0 Å². The molecule has 20 heavy (non-hydrogen) atoms. The van der Waals surface area contributed by atoms with Crippen LogP contribution in [0, 0.1) is 0 Å². The van der Waals surface area contributed by atoms with Gasteiger partial charge in [0, 0.05) is 13.1 Å². The molecule has 0 amide bonds. The number of benzene rings is 1. The Balaban J connectivity index is 2.06. The second-order valence-corrected chi connectivity index (χ2v) is 4.94. The zero-order valence-corrected chi connectivity index (χ0v) is 12.4. The SMILES string of the molecule is CCC[C@H](Oc1ccccc1OCC)C1CNCCO1. The van der Waals surface area contributed by atoms with Gasteiger partial charge in [0.1, 0.15) is 12.2 Å². The van der Waals surface area contributed by atoms with Gasteiger partial charge in [-0.15, -0.1) is 0 Å². The number of para-hydroxylation sites is 2. The molecule has 4 heteroatoms. The molecule has 1 aliphatic heterocycles. The molecule has 1 heterocycles. The predicted octanol–water partition coefficient (Wildman–Crippen LogP) is 2.62. The number of morpholine rings is 1. The van der Waals surface area contributed by atoms with Crippen LogP contribution in [0.25, 0.3) is 0 Å². The maximum atomic E-state index is 6.19. The second kappa shape index (κ2) is 8.12. The summed E-state index contributed by atoms with van der Waals surface area (Å²) in [6, 6.07) is 7.85. The highest BCUT2D eigenvalue weighted by molar-refractivity contribution is 5.39. The van der Waals surface area contributed by atoms with E-state index < -0.39 is 0 Å². The maximum absolute atomic E-state index is 6.19. The molecule has 1 aromatic carbocycles. The Hall–Kier alpha value is -1.26. The Morgan fingerprint density at radius 1 is 1.30 bits per heavy atom. The van der Waals surface area contributed by atoms with Gasteiger partial charge in [0.15, 0.2) is 11.5 Å². The Labute approximate surface area is 121 Å². The van der Waals surface area contributed by atoms with Crippen LogP contribution in [0.1, 0.15) is 26.7 Å². The molecule has 1 fully saturated rings. The van der Waals surface area contributed by atoms with E-state index in [1.54, 1.807) is 0 Å². The number of hydrogen-bond acceptors (Lipinski definition) is 4. The predicted molar refractivity (Wildman–Crippen MR) is 79.5 cm³/mol. The summed E-state index contributed by atoms with van der Waals surface area (Å²) in [7, 11) is 0. The summed E-state index contributed by atoms with van der Waals surface area (Å²) < 4.78 is 17.6. The number of ether oxygens (including phenoxy) is 3. The summed E-state index contributed by atoms with van der Waals surface area (Å²) in [5, 5.41) is 3.36. The van der Waals surface area contributed by atoms with Crippen LogP contribution in [-0.4, -0.2) is 38.5 Å². The average Bonchev–Trinajstić information content (AvgIpc) is 2.50. The van der Waals surface area contributed by atoms with Gasteiger partial charge >= 0.3 is 0 Å². The molecular formula is C16H25NO3. The molecule has 2 rings (SSSR count). The van der Waals surface area contributed by atoms with Crippen LogP contribution in [-0.2, 0) is 4.74 Å². The molecule has 1 saturated heterocycles. The van der Waals surface area contributed by atoms with Crippen LogP contribution in [0.15, 0.2) is 24.3 Å². The van der Waals surface area contributed by atoms with E-state index in [1.807, 2.05) is 31.2 Å². The monoisotopic (exact) mass is 279 g/mol. The number of nitrogens with one attached hydrogen (secondary N) is 1. The van der Waals surface area contributed by atoms with Gasteiger partial charge in [-0.05, 0) is 25.5 Å². The van der Waals surface area contributed by atoms with E-state index in [2.05, 4.69) is 12.2 Å². The van der Waals surface area contributed by atoms with Crippen LogP contribution in [0.2, 0.25) is 0 Å². The number of hydrogen-bond donors (Lipinski definition) is 1. The van der Waals surface area contributed by atoms with Gasteiger partial charge in [0.2, 0.25) is 0 Å². The lowest BCUT2D eigenvalue weighted by atomic mass is 10.1. The van der Waals surface area contributed by atoms with Crippen molar-refractivity contribution in [1.29, 1.82) is 0 Å². The first-order valence-electron chi connectivity index (χ1n) is 7.56. The fourth-order valence-electron chi connectivity index (χ4n) is 2.42. The minimum absolute atomic E-state index is 0.0643. The maximum Gasteiger partial charge on any atom is 0.161 e. The van der Waals surface area contributed by atoms with Crippen LogP contribution in [0.3, 0.4) is 0 Å². The summed E-state index contributed by atoms with van der Waals surface area (Å²) in [5.74, 6) is 1.61. The Kier molecular flexibility index (Phi) is 6.15. The third-order valence-corrected chi connectivity index (χ3v) is 3.37. The van der Waals surface area contributed by atoms with Gasteiger partial charge in [-0.2, -0.15) is 0 Å². The molecule has 1 N–H and O–H groups in total. The lowest BCUT2D eigenvalue weighted by Gasteiger charge is -2.31. The largest absolute Gasteiger partial charge is 0.490 e. The lowest BCUT2D eigenvalue weighted by molar-refractivity contribution is -0.0452. The first-order valence-corrected chi connectivity index (χ1v) is 7.56. The van der Waals surface area contributed by atoms with Gasteiger partial charge in [-0.25, -0.2) is 0 Å². The molecule has 1 aliphatic rings. The second-order valence-electron chi connectivity index (χ2n) is 4.94. The minimum atomic E-state index is 0.0643. The summed E-state index contributed by atoms with van der Waals surface area (Å²) in [4.78, 5) is 0. The fourth-order valence-corrected chi connectivity index (χ4v) is 2.42.